The molecule has 3 aromatic rings. The quantitative estimate of drug-likeness (QED) is 0.368. The minimum Gasteiger partial charge on any atom is -0.494 e. The Labute approximate surface area is 163 Å². The van der Waals surface area contributed by atoms with Crippen molar-refractivity contribution in [2.45, 2.75) is 0 Å². The molecule has 0 aliphatic heterocycles. The van der Waals surface area contributed by atoms with Crippen molar-refractivity contribution in [2.24, 2.45) is 0 Å². The van der Waals surface area contributed by atoms with Gasteiger partial charge in [-0.25, -0.2) is 4.79 Å². The number of para-hydroxylation sites is 1. The molecule has 144 valence electrons. The van der Waals surface area contributed by atoms with Gasteiger partial charge in [0.1, 0.15) is 11.4 Å². The summed E-state index contributed by atoms with van der Waals surface area (Å²) >= 11 is 6.17. The second-order valence-electron chi connectivity index (χ2n) is 5.63. The average molecular weight is 404 g/mol. The highest BCUT2D eigenvalue weighted by Crippen LogP contribution is 2.29. The number of hydrogen-bond donors (Lipinski definition) is 2. The Morgan fingerprint density at radius 2 is 2.00 bits per heavy atom. The summed E-state index contributed by atoms with van der Waals surface area (Å²) in [6.07, 6.45) is 0. The van der Waals surface area contributed by atoms with E-state index in [1.54, 1.807) is 24.3 Å². The zero-order chi connectivity index (χ0) is 20.3. The first kappa shape index (κ1) is 19.2. The van der Waals surface area contributed by atoms with Crippen LogP contribution >= 0.6 is 11.6 Å². The number of H-pyrrole nitrogens is 1. The fourth-order valence-electron chi connectivity index (χ4n) is 2.53. The number of anilines is 1. The van der Waals surface area contributed by atoms with Gasteiger partial charge in [-0.1, -0.05) is 29.8 Å². The van der Waals surface area contributed by atoms with Gasteiger partial charge in [-0.2, -0.15) is 0 Å². The van der Waals surface area contributed by atoms with Gasteiger partial charge in [0, 0.05) is 17.0 Å². The highest BCUT2D eigenvalue weighted by Gasteiger charge is 2.19. The van der Waals surface area contributed by atoms with Gasteiger partial charge in [0.25, 0.3) is 11.6 Å². The van der Waals surface area contributed by atoms with Crippen molar-refractivity contribution in [1.29, 1.82) is 0 Å². The lowest BCUT2D eigenvalue weighted by atomic mass is 10.2. The van der Waals surface area contributed by atoms with Crippen LogP contribution < -0.4 is 10.1 Å². The molecule has 0 radical (unpaired) electrons. The van der Waals surface area contributed by atoms with Gasteiger partial charge in [0.05, 0.1) is 28.8 Å². The van der Waals surface area contributed by atoms with Crippen molar-refractivity contribution in [3.8, 4) is 5.75 Å². The van der Waals surface area contributed by atoms with Crippen LogP contribution in [-0.2, 0) is 9.53 Å². The van der Waals surface area contributed by atoms with Gasteiger partial charge >= 0.3 is 5.97 Å². The first-order valence-corrected chi connectivity index (χ1v) is 8.34. The van der Waals surface area contributed by atoms with Crippen molar-refractivity contribution in [3.63, 3.8) is 0 Å². The highest BCUT2D eigenvalue weighted by atomic mass is 35.5. The molecule has 0 fully saturated rings. The Bertz CT molecular complexity index is 1080. The van der Waals surface area contributed by atoms with Gasteiger partial charge in [0.15, 0.2) is 6.61 Å². The molecule has 0 saturated heterocycles. The van der Waals surface area contributed by atoms with E-state index >= 15 is 0 Å². The van der Waals surface area contributed by atoms with Gasteiger partial charge in [-0.15, -0.1) is 0 Å². The number of fused-ring (bicyclic) bond motifs is 1. The number of nitro groups is 1. The molecule has 0 bridgehead atoms. The number of hydrogen-bond acceptors (Lipinski definition) is 6. The number of aromatic nitrogens is 1. The minimum atomic E-state index is -0.785. The number of nitro benzene ring substituents is 1. The molecule has 9 nitrogen and oxygen atoms in total. The fourth-order valence-corrected chi connectivity index (χ4v) is 2.82. The number of benzene rings is 2. The molecule has 0 spiro atoms. The van der Waals surface area contributed by atoms with E-state index in [-0.39, 0.29) is 27.8 Å². The summed E-state index contributed by atoms with van der Waals surface area (Å²) in [7, 11) is 1.31. The zero-order valence-corrected chi connectivity index (χ0v) is 15.3. The second kappa shape index (κ2) is 7.97. The van der Waals surface area contributed by atoms with Crippen LogP contribution in [0.2, 0.25) is 5.02 Å². The van der Waals surface area contributed by atoms with E-state index in [4.69, 9.17) is 21.1 Å². The number of nitrogens with zero attached hydrogens (tertiary/aromatic N) is 1. The maximum absolute atomic E-state index is 12.2. The fraction of sp³-hybridized carbons (Fsp3) is 0.111. The Balaban J connectivity index is 1.66. The molecule has 1 amide bonds. The predicted molar refractivity (Wildman–Crippen MR) is 102 cm³/mol. The van der Waals surface area contributed by atoms with Crippen molar-refractivity contribution in [1.82, 2.24) is 4.98 Å². The first-order valence-electron chi connectivity index (χ1n) is 7.96. The van der Waals surface area contributed by atoms with Crippen LogP contribution in [0.3, 0.4) is 0 Å². The molecule has 0 aliphatic rings. The van der Waals surface area contributed by atoms with Crippen molar-refractivity contribution in [2.75, 3.05) is 19.0 Å². The summed E-state index contributed by atoms with van der Waals surface area (Å²) < 4.78 is 10.0. The third-order valence-electron chi connectivity index (χ3n) is 3.85. The maximum atomic E-state index is 12.2. The summed E-state index contributed by atoms with van der Waals surface area (Å²) in [5.41, 5.74) is 0.732. The summed E-state index contributed by atoms with van der Waals surface area (Å²) in [5.74, 6) is -1.33. The second-order valence-corrected chi connectivity index (χ2v) is 6.00. The number of non-ortho nitro benzene ring substituents is 1. The molecule has 0 saturated carbocycles. The van der Waals surface area contributed by atoms with E-state index in [1.165, 1.54) is 25.3 Å². The van der Waals surface area contributed by atoms with Crippen LogP contribution in [0.15, 0.2) is 42.5 Å². The minimum absolute atomic E-state index is 0.0450. The molecule has 10 heteroatoms. The van der Waals surface area contributed by atoms with Crippen molar-refractivity contribution < 1.29 is 24.0 Å². The summed E-state index contributed by atoms with van der Waals surface area (Å²) in [6, 6.07) is 10.8. The number of aromatic amines is 1. The van der Waals surface area contributed by atoms with Gasteiger partial charge < -0.3 is 19.8 Å². The standard InChI is InChI=1S/C18H14ClN3O6/c1-27-14-8-10(22(25)26)6-7-13(14)20-15(23)9-28-18(24)17-16(19)11-4-2-3-5-12(11)21-17/h2-8,21H,9H2,1H3,(H,20,23). The summed E-state index contributed by atoms with van der Waals surface area (Å²) in [4.78, 5) is 37.4. The molecular formula is C18H14ClN3O6. The van der Waals surface area contributed by atoms with Crippen LogP contribution in [0, 0.1) is 10.1 Å². The van der Waals surface area contributed by atoms with Gasteiger partial charge in [0.2, 0.25) is 0 Å². The van der Waals surface area contributed by atoms with Gasteiger partial charge in [-0.3, -0.25) is 14.9 Å². The lowest BCUT2D eigenvalue weighted by molar-refractivity contribution is -0.384. The molecule has 2 N–H and O–H groups in total. The van der Waals surface area contributed by atoms with Gasteiger partial charge in [-0.05, 0) is 12.1 Å². The number of nitrogens with one attached hydrogen (secondary N) is 2. The number of carbonyl (C=O) groups is 2. The number of methoxy groups -OCH3 is 1. The smallest absolute Gasteiger partial charge is 0.356 e. The SMILES string of the molecule is COc1cc([N+](=O)[O-])ccc1NC(=O)COC(=O)c1[nH]c2ccccc2c1Cl. The molecule has 1 aromatic heterocycles. The van der Waals surface area contributed by atoms with Crippen molar-refractivity contribution in [3.05, 3.63) is 63.3 Å². The predicted octanol–water partition coefficient (Wildman–Crippen LogP) is 3.53. The Morgan fingerprint density at radius 1 is 1.25 bits per heavy atom. The number of amides is 1. The van der Waals surface area contributed by atoms with Crippen LogP contribution in [0.25, 0.3) is 10.9 Å². The van der Waals surface area contributed by atoms with Crippen LogP contribution in [-0.4, -0.2) is 35.5 Å². The highest BCUT2D eigenvalue weighted by molar-refractivity contribution is 6.38. The van der Waals surface area contributed by atoms with E-state index in [1.807, 2.05) is 0 Å². The van der Waals surface area contributed by atoms with Crippen LogP contribution in [0.5, 0.6) is 5.75 Å². The Hall–Kier alpha value is -3.59. The first-order chi connectivity index (χ1) is 13.4. The summed E-state index contributed by atoms with van der Waals surface area (Å²) in [6.45, 7) is -0.579. The Kier molecular flexibility index (Phi) is 5.46. The molecule has 0 unspecified atom stereocenters. The monoisotopic (exact) mass is 403 g/mol. The van der Waals surface area contributed by atoms with E-state index in [9.17, 15) is 19.7 Å². The van der Waals surface area contributed by atoms with E-state index in [2.05, 4.69) is 10.3 Å². The lowest BCUT2D eigenvalue weighted by Gasteiger charge is -2.10. The molecule has 0 atom stereocenters. The van der Waals surface area contributed by atoms with E-state index in [0.717, 1.165) is 0 Å². The number of esters is 1. The third kappa shape index (κ3) is 3.89. The molecule has 0 aliphatic carbocycles. The summed E-state index contributed by atoms with van der Waals surface area (Å²) in [5, 5.41) is 14.1. The molecule has 3 rings (SSSR count). The number of rotatable bonds is 6. The third-order valence-corrected chi connectivity index (χ3v) is 4.24. The maximum Gasteiger partial charge on any atom is 0.356 e. The zero-order valence-electron chi connectivity index (χ0n) is 14.5. The lowest BCUT2D eigenvalue weighted by Crippen LogP contribution is -2.21. The van der Waals surface area contributed by atoms with E-state index < -0.39 is 23.4 Å². The largest absolute Gasteiger partial charge is 0.494 e. The molecule has 28 heavy (non-hydrogen) atoms. The average Bonchev–Trinajstić information content (AvgIpc) is 3.03. The molecular weight excluding hydrogens is 390 g/mol. The Morgan fingerprint density at radius 3 is 2.68 bits per heavy atom. The number of carbonyl (C=O) groups excluding carboxylic acids is 2. The normalized spacial score (nSPS) is 10.5. The topological polar surface area (TPSA) is 124 Å². The molecule has 1 heterocycles. The number of ether oxygens (including phenoxy) is 2. The molecule has 2 aromatic carbocycles. The van der Waals surface area contributed by atoms with Crippen LogP contribution in [0.1, 0.15) is 10.5 Å². The van der Waals surface area contributed by atoms with E-state index in [0.29, 0.717) is 10.9 Å². The van der Waals surface area contributed by atoms with Crippen molar-refractivity contribution >= 4 is 45.8 Å². The number of halogens is 1. The van der Waals surface area contributed by atoms with Crippen LogP contribution in [0.4, 0.5) is 11.4 Å².